The number of nitrogens with zero attached hydrogens (tertiary/aromatic N) is 2. The normalized spacial score (nSPS) is 11.3. The highest BCUT2D eigenvalue weighted by Crippen LogP contribution is 2.26. The summed E-state index contributed by atoms with van der Waals surface area (Å²) in [5.74, 6) is 0. The van der Waals surface area contributed by atoms with Gasteiger partial charge < -0.3 is 11.1 Å². The first kappa shape index (κ1) is 14.3. The lowest BCUT2D eigenvalue weighted by Crippen LogP contribution is -2.45. The van der Waals surface area contributed by atoms with Crippen LogP contribution in [0.5, 0.6) is 0 Å². The molecule has 0 fully saturated rings. The van der Waals surface area contributed by atoms with Gasteiger partial charge in [-0.1, -0.05) is 32.0 Å². The van der Waals surface area contributed by atoms with Crippen LogP contribution in [0, 0.1) is 11.3 Å². The standard InChI is InChI=1S/C16H20N4/c1-3-16(18,4-2)11-20-15-12(9-17)10-19-14-8-6-5-7-13(14)15/h5-8,10H,3-4,11,18H2,1-2H3,(H,19,20). The SMILES string of the molecule is CCC(N)(CC)CNc1c(C#N)cnc2ccccc12. The minimum Gasteiger partial charge on any atom is -0.382 e. The number of anilines is 1. The first-order chi connectivity index (χ1) is 9.63. The summed E-state index contributed by atoms with van der Waals surface area (Å²) in [5, 5.41) is 13.6. The maximum atomic E-state index is 9.26. The van der Waals surface area contributed by atoms with Gasteiger partial charge in [-0.2, -0.15) is 5.26 Å². The van der Waals surface area contributed by atoms with E-state index in [0.29, 0.717) is 12.1 Å². The molecule has 1 aromatic heterocycles. The summed E-state index contributed by atoms with van der Waals surface area (Å²) in [7, 11) is 0. The highest BCUT2D eigenvalue weighted by atomic mass is 14.9. The molecule has 20 heavy (non-hydrogen) atoms. The number of nitrogens with two attached hydrogens (primary N) is 1. The molecule has 0 saturated carbocycles. The van der Waals surface area contributed by atoms with Crippen LogP contribution in [-0.2, 0) is 0 Å². The molecule has 4 heteroatoms. The van der Waals surface area contributed by atoms with Crippen molar-refractivity contribution in [1.29, 1.82) is 5.26 Å². The Labute approximate surface area is 119 Å². The fourth-order valence-electron chi connectivity index (χ4n) is 2.18. The molecule has 0 bridgehead atoms. The monoisotopic (exact) mass is 268 g/mol. The summed E-state index contributed by atoms with van der Waals surface area (Å²) in [5.41, 5.74) is 8.33. The number of nitrogens with one attached hydrogen (secondary N) is 1. The lowest BCUT2D eigenvalue weighted by Gasteiger charge is -2.28. The van der Waals surface area contributed by atoms with Gasteiger partial charge in [0.05, 0.1) is 16.8 Å². The van der Waals surface area contributed by atoms with Gasteiger partial charge in [0.25, 0.3) is 0 Å². The largest absolute Gasteiger partial charge is 0.382 e. The van der Waals surface area contributed by atoms with E-state index in [1.807, 2.05) is 24.3 Å². The van der Waals surface area contributed by atoms with Crippen molar-refractivity contribution in [2.75, 3.05) is 11.9 Å². The van der Waals surface area contributed by atoms with Gasteiger partial charge in [-0.15, -0.1) is 0 Å². The van der Waals surface area contributed by atoms with Crippen molar-refractivity contribution in [1.82, 2.24) is 4.98 Å². The van der Waals surface area contributed by atoms with Crippen molar-refractivity contribution >= 4 is 16.6 Å². The molecule has 2 aromatic rings. The summed E-state index contributed by atoms with van der Waals surface area (Å²) in [6.45, 7) is 4.81. The highest BCUT2D eigenvalue weighted by Gasteiger charge is 2.20. The first-order valence-corrected chi connectivity index (χ1v) is 6.94. The summed E-state index contributed by atoms with van der Waals surface area (Å²) >= 11 is 0. The number of rotatable bonds is 5. The predicted molar refractivity (Wildman–Crippen MR) is 82.4 cm³/mol. The molecule has 0 radical (unpaired) electrons. The third-order valence-electron chi connectivity index (χ3n) is 3.92. The Kier molecular flexibility index (Phi) is 4.21. The van der Waals surface area contributed by atoms with Crippen LogP contribution in [0.25, 0.3) is 10.9 Å². The molecular weight excluding hydrogens is 248 g/mol. The molecule has 0 aliphatic heterocycles. The van der Waals surface area contributed by atoms with E-state index < -0.39 is 0 Å². The van der Waals surface area contributed by atoms with Crippen LogP contribution in [0.15, 0.2) is 30.5 Å². The van der Waals surface area contributed by atoms with E-state index in [9.17, 15) is 5.26 Å². The molecule has 0 aliphatic carbocycles. The third-order valence-corrected chi connectivity index (χ3v) is 3.92. The van der Waals surface area contributed by atoms with Crippen LogP contribution in [-0.4, -0.2) is 17.1 Å². The molecule has 0 unspecified atom stereocenters. The molecule has 0 spiro atoms. The van der Waals surface area contributed by atoms with Gasteiger partial charge >= 0.3 is 0 Å². The van der Waals surface area contributed by atoms with Gasteiger partial charge in [0, 0.05) is 23.7 Å². The Morgan fingerprint density at radius 1 is 1.30 bits per heavy atom. The summed E-state index contributed by atoms with van der Waals surface area (Å²) in [4.78, 5) is 4.30. The second-order valence-corrected chi connectivity index (χ2v) is 5.10. The molecule has 0 aliphatic rings. The highest BCUT2D eigenvalue weighted by molar-refractivity contribution is 5.93. The zero-order valence-electron chi connectivity index (χ0n) is 12.0. The van der Waals surface area contributed by atoms with Crippen molar-refractivity contribution in [3.8, 4) is 6.07 Å². The lowest BCUT2D eigenvalue weighted by molar-refractivity contribution is 0.418. The van der Waals surface area contributed by atoms with E-state index in [1.54, 1.807) is 6.20 Å². The number of aromatic nitrogens is 1. The quantitative estimate of drug-likeness (QED) is 0.874. The number of hydrogen-bond donors (Lipinski definition) is 2. The second kappa shape index (κ2) is 5.89. The van der Waals surface area contributed by atoms with Crippen molar-refractivity contribution in [3.05, 3.63) is 36.0 Å². The van der Waals surface area contributed by atoms with Crippen LogP contribution >= 0.6 is 0 Å². The minimum atomic E-state index is -0.253. The molecule has 0 atom stereocenters. The molecule has 104 valence electrons. The van der Waals surface area contributed by atoms with Crippen LogP contribution in [0.2, 0.25) is 0 Å². The summed E-state index contributed by atoms with van der Waals surface area (Å²) in [6, 6.07) is 10.0. The van der Waals surface area contributed by atoms with Gasteiger partial charge in [0.1, 0.15) is 6.07 Å². The van der Waals surface area contributed by atoms with E-state index in [1.165, 1.54) is 0 Å². The number of pyridine rings is 1. The van der Waals surface area contributed by atoms with E-state index in [2.05, 4.69) is 30.2 Å². The Morgan fingerprint density at radius 2 is 2.00 bits per heavy atom. The number of para-hydroxylation sites is 1. The Balaban J connectivity index is 2.40. The Bertz CT molecular complexity index is 638. The van der Waals surface area contributed by atoms with Gasteiger partial charge in [-0.3, -0.25) is 4.98 Å². The molecule has 1 aromatic carbocycles. The predicted octanol–water partition coefficient (Wildman–Crippen LogP) is 3.04. The summed E-state index contributed by atoms with van der Waals surface area (Å²) in [6.07, 6.45) is 3.39. The molecule has 3 N–H and O–H groups in total. The molecule has 1 heterocycles. The zero-order chi connectivity index (χ0) is 14.6. The third kappa shape index (κ3) is 2.73. The van der Waals surface area contributed by atoms with E-state index in [0.717, 1.165) is 29.4 Å². The average molecular weight is 268 g/mol. The fraction of sp³-hybridized carbons (Fsp3) is 0.375. The fourth-order valence-corrected chi connectivity index (χ4v) is 2.18. The molecule has 2 rings (SSSR count). The number of hydrogen-bond acceptors (Lipinski definition) is 4. The van der Waals surface area contributed by atoms with Crippen LogP contribution in [0.3, 0.4) is 0 Å². The molecule has 0 saturated heterocycles. The maximum absolute atomic E-state index is 9.26. The molecular formula is C16H20N4. The Hall–Kier alpha value is -2.12. The van der Waals surface area contributed by atoms with Crippen LogP contribution in [0.1, 0.15) is 32.3 Å². The van der Waals surface area contributed by atoms with Crippen molar-refractivity contribution in [2.45, 2.75) is 32.2 Å². The van der Waals surface area contributed by atoms with E-state index in [4.69, 9.17) is 5.73 Å². The molecule has 0 amide bonds. The van der Waals surface area contributed by atoms with Gasteiger partial charge in [0.15, 0.2) is 0 Å². The number of nitriles is 1. The topological polar surface area (TPSA) is 74.7 Å². The Morgan fingerprint density at radius 3 is 2.65 bits per heavy atom. The van der Waals surface area contributed by atoms with E-state index >= 15 is 0 Å². The van der Waals surface area contributed by atoms with Gasteiger partial charge in [0.2, 0.25) is 0 Å². The number of fused-ring (bicyclic) bond motifs is 1. The smallest absolute Gasteiger partial charge is 0.103 e. The van der Waals surface area contributed by atoms with Crippen molar-refractivity contribution in [2.24, 2.45) is 5.73 Å². The average Bonchev–Trinajstić information content (AvgIpc) is 2.52. The zero-order valence-corrected chi connectivity index (χ0v) is 12.0. The van der Waals surface area contributed by atoms with Crippen molar-refractivity contribution < 1.29 is 0 Å². The van der Waals surface area contributed by atoms with Crippen molar-refractivity contribution in [3.63, 3.8) is 0 Å². The van der Waals surface area contributed by atoms with E-state index in [-0.39, 0.29) is 5.54 Å². The first-order valence-electron chi connectivity index (χ1n) is 6.94. The maximum Gasteiger partial charge on any atom is 0.103 e. The van der Waals surface area contributed by atoms with Gasteiger partial charge in [-0.25, -0.2) is 0 Å². The minimum absolute atomic E-state index is 0.253. The second-order valence-electron chi connectivity index (χ2n) is 5.10. The van der Waals surface area contributed by atoms with Crippen LogP contribution < -0.4 is 11.1 Å². The summed E-state index contributed by atoms with van der Waals surface area (Å²) < 4.78 is 0. The lowest BCUT2D eigenvalue weighted by atomic mass is 9.94. The van der Waals surface area contributed by atoms with Gasteiger partial charge in [-0.05, 0) is 18.9 Å². The molecule has 4 nitrogen and oxygen atoms in total. The van der Waals surface area contributed by atoms with Crippen LogP contribution in [0.4, 0.5) is 5.69 Å². The number of benzene rings is 1.